The maximum absolute atomic E-state index is 6.09. The fraction of sp³-hybridized carbons (Fsp3) is 0.429. The molecule has 2 N–H and O–H groups in total. The summed E-state index contributed by atoms with van der Waals surface area (Å²) in [7, 11) is 0. The third kappa shape index (κ3) is 1.00. The number of fused-ring (bicyclic) bond motifs is 3. The van der Waals surface area contributed by atoms with E-state index >= 15 is 0 Å². The van der Waals surface area contributed by atoms with Crippen LogP contribution < -0.4 is 5.73 Å². The molecular weight excluding hydrogens is 196 g/mol. The van der Waals surface area contributed by atoms with Gasteiger partial charge < -0.3 is 10.3 Å². The van der Waals surface area contributed by atoms with Crippen molar-refractivity contribution in [3.8, 4) is 0 Å². The Morgan fingerprint density at radius 2 is 2.12 bits per heavy atom. The van der Waals surface area contributed by atoms with Gasteiger partial charge in [-0.25, -0.2) is 0 Å². The molecule has 0 radical (unpaired) electrons. The Kier molecular flexibility index (Phi) is 1.48. The first-order valence-corrected chi connectivity index (χ1v) is 6.11. The Bertz CT molecular complexity index is 569. The minimum atomic E-state index is 0.439. The second kappa shape index (κ2) is 2.69. The molecule has 0 bridgehead atoms. The Hall–Kier alpha value is -1.28. The van der Waals surface area contributed by atoms with Gasteiger partial charge in [-0.15, -0.1) is 0 Å². The lowest BCUT2D eigenvalue weighted by Crippen LogP contribution is -2.26. The van der Waals surface area contributed by atoms with E-state index in [4.69, 9.17) is 5.73 Å². The van der Waals surface area contributed by atoms with Gasteiger partial charge in [0.15, 0.2) is 0 Å². The highest BCUT2D eigenvalue weighted by atomic mass is 15.0. The average Bonchev–Trinajstić information content (AvgIpc) is 2.77. The molecule has 1 spiro atoms. The highest BCUT2D eigenvalue weighted by molar-refractivity contribution is 5.81. The topological polar surface area (TPSA) is 30.9 Å². The van der Waals surface area contributed by atoms with Crippen molar-refractivity contribution in [2.24, 2.45) is 11.1 Å². The molecule has 1 saturated carbocycles. The van der Waals surface area contributed by atoms with E-state index < -0.39 is 0 Å². The molecule has 2 heterocycles. The Morgan fingerprint density at radius 3 is 2.94 bits per heavy atom. The molecule has 4 rings (SSSR count). The third-order valence-corrected chi connectivity index (χ3v) is 4.50. The van der Waals surface area contributed by atoms with E-state index in [-0.39, 0.29) is 0 Å². The number of hydrogen-bond donors (Lipinski definition) is 1. The van der Waals surface area contributed by atoms with Gasteiger partial charge in [-0.3, -0.25) is 0 Å². The van der Waals surface area contributed by atoms with Crippen molar-refractivity contribution >= 4 is 10.9 Å². The summed E-state index contributed by atoms with van der Waals surface area (Å²) in [6.07, 6.45) is 3.70. The first-order valence-electron chi connectivity index (χ1n) is 6.11. The summed E-state index contributed by atoms with van der Waals surface area (Å²) in [6, 6.07) is 11.5. The lowest BCUT2D eigenvalue weighted by Gasteiger charge is -2.25. The van der Waals surface area contributed by atoms with E-state index in [0.29, 0.717) is 11.5 Å². The van der Waals surface area contributed by atoms with Crippen LogP contribution in [0, 0.1) is 5.41 Å². The lowest BCUT2D eigenvalue weighted by atomic mass is 9.94. The van der Waals surface area contributed by atoms with Crippen LogP contribution in [0.5, 0.6) is 0 Å². The minimum Gasteiger partial charge on any atom is -0.344 e. The number of aromatic nitrogens is 1. The zero-order valence-corrected chi connectivity index (χ0v) is 9.32. The molecule has 1 aromatic heterocycles. The van der Waals surface area contributed by atoms with Crippen LogP contribution >= 0.6 is 0 Å². The van der Waals surface area contributed by atoms with Crippen molar-refractivity contribution in [3.63, 3.8) is 0 Å². The van der Waals surface area contributed by atoms with E-state index in [1.165, 1.54) is 35.9 Å². The number of benzene rings is 1. The number of rotatable bonds is 0. The minimum absolute atomic E-state index is 0.439. The van der Waals surface area contributed by atoms with Crippen LogP contribution in [0.3, 0.4) is 0 Å². The second-order valence-electron chi connectivity index (χ2n) is 5.45. The van der Waals surface area contributed by atoms with Crippen molar-refractivity contribution in [2.75, 3.05) is 0 Å². The van der Waals surface area contributed by atoms with Crippen LogP contribution in [0.15, 0.2) is 30.3 Å². The predicted molar refractivity (Wildman–Crippen MR) is 65.3 cm³/mol. The van der Waals surface area contributed by atoms with Gasteiger partial charge in [0, 0.05) is 29.2 Å². The molecule has 0 saturated heterocycles. The van der Waals surface area contributed by atoms with Crippen molar-refractivity contribution in [2.45, 2.75) is 31.8 Å². The molecule has 1 fully saturated rings. The first-order chi connectivity index (χ1) is 7.78. The maximum atomic E-state index is 6.09. The predicted octanol–water partition coefficient (Wildman–Crippen LogP) is 2.30. The van der Waals surface area contributed by atoms with Gasteiger partial charge in [0.05, 0.1) is 0 Å². The van der Waals surface area contributed by atoms with Gasteiger partial charge in [-0.2, -0.15) is 0 Å². The molecule has 2 aliphatic rings. The van der Waals surface area contributed by atoms with Gasteiger partial charge >= 0.3 is 0 Å². The molecule has 2 nitrogen and oxygen atoms in total. The van der Waals surface area contributed by atoms with Crippen molar-refractivity contribution in [1.29, 1.82) is 0 Å². The van der Waals surface area contributed by atoms with Gasteiger partial charge in [0.25, 0.3) is 0 Å². The second-order valence-corrected chi connectivity index (χ2v) is 5.45. The zero-order valence-electron chi connectivity index (χ0n) is 9.32. The molecule has 1 aliphatic heterocycles. The average molecular weight is 212 g/mol. The van der Waals surface area contributed by atoms with Crippen LogP contribution in [0.4, 0.5) is 0 Å². The number of aryl methyl sites for hydroxylation is 1. The summed E-state index contributed by atoms with van der Waals surface area (Å²) in [6.45, 7) is 1.14. The molecule has 2 aromatic rings. The van der Waals surface area contributed by atoms with E-state index in [1.54, 1.807) is 0 Å². The fourth-order valence-corrected chi connectivity index (χ4v) is 3.28. The lowest BCUT2D eigenvalue weighted by molar-refractivity contribution is 0.342. The van der Waals surface area contributed by atoms with E-state index in [1.807, 2.05) is 0 Å². The van der Waals surface area contributed by atoms with Crippen LogP contribution in [0.1, 0.15) is 18.5 Å². The SMILES string of the molecule is NC1CC12CCc1cc3ccccc3n1C2. The van der Waals surface area contributed by atoms with Gasteiger partial charge in [0.1, 0.15) is 0 Å². The standard InChI is InChI=1S/C14H16N2/c15-13-8-14(13)6-5-11-7-10-3-1-2-4-12(10)16(11)9-14/h1-4,7,13H,5-6,8-9,15H2. The largest absolute Gasteiger partial charge is 0.344 e. The smallest absolute Gasteiger partial charge is 0.0482 e. The van der Waals surface area contributed by atoms with E-state index in [2.05, 4.69) is 34.9 Å². The molecule has 1 aromatic carbocycles. The molecule has 1 aliphatic carbocycles. The molecule has 16 heavy (non-hydrogen) atoms. The summed E-state index contributed by atoms with van der Waals surface area (Å²) < 4.78 is 2.49. The summed E-state index contributed by atoms with van der Waals surface area (Å²) >= 11 is 0. The fourth-order valence-electron chi connectivity index (χ4n) is 3.28. The van der Waals surface area contributed by atoms with Gasteiger partial charge in [-0.05, 0) is 36.8 Å². The van der Waals surface area contributed by atoms with Crippen molar-refractivity contribution in [1.82, 2.24) is 4.57 Å². The van der Waals surface area contributed by atoms with E-state index in [9.17, 15) is 0 Å². The summed E-state index contributed by atoms with van der Waals surface area (Å²) in [5.74, 6) is 0. The van der Waals surface area contributed by atoms with Crippen molar-refractivity contribution in [3.05, 3.63) is 36.0 Å². The molecule has 0 amide bonds. The van der Waals surface area contributed by atoms with Crippen LogP contribution in [0.25, 0.3) is 10.9 Å². The summed E-state index contributed by atoms with van der Waals surface area (Å²) in [5.41, 5.74) is 9.40. The number of hydrogen-bond acceptors (Lipinski definition) is 1. The Morgan fingerprint density at radius 1 is 1.31 bits per heavy atom. The number of para-hydroxylation sites is 1. The molecule has 82 valence electrons. The van der Waals surface area contributed by atoms with E-state index in [0.717, 1.165) is 6.54 Å². The Labute approximate surface area is 95.1 Å². The van der Waals surface area contributed by atoms with Crippen molar-refractivity contribution < 1.29 is 0 Å². The van der Waals surface area contributed by atoms with Gasteiger partial charge in [-0.1, -0.05) is 18.2 Å². The first kappa shape index (κ1) is 8.82. The molecular formula is C14H16N2. The highest BCUT2D eigenvalue weighted by Crippen LogP contribution is 2.52. The highest BCUT2D eigenvalue weighted by Gasteiger charge is 2.53. The summed E-state index contributed by atoms with van der Waals surface area (Å²) in [4.78, 5) is 0. The summed E-state index contributed by atoms with van der Waals surface area (Å²) in [5, 5.41) is 1.38. The van der Waals surface area contributed by atoms with Gasteiger partial charge in [0.2, 0.25) is 0 Å². The normalized spacial score (nSPS) is 31.9. The molecule has 2 unspecified atom stereocenters. The molecule has 2 heteroatoms. The van der Waals surface area contributed by atoms with Crippen LogP contribution in [-0.4, -0.2) is 10.6 Å². The number of nitrogens with two attached hydrogens (primary N) is 1. The van der Waals surface area contributed by atoms with Crippen LogP contribution in [-0.2, 0) is 13.0 Å². The monoisotopic (exact) mass is 212 g/mol. The molecule has 2 atom stereocenters. The maximum Gasteiger partial charge on any atom is 0.0482 e. The third-order valence-electron chi connectivity index (χ3n) is 4.50. The quantitative estimate of drug-likeness (QED) is 0.713. The number of nitrogens with zero attached hydrogens (tertiary/aromatic N) is 1. The zero-order chi connectivity index (χ0) is 10.8. The van der Waals surface area contributed by atoms with Crippen LogP contribution in [0.2, 0.25) is 0 Å². The Balaban J connectivity index is 1.90.